The van der Waals surface area contributed by atoms with Crippen molar-refractivity contribution < 1.29 is 18.8 Å². The lowest BCUT2D eigenvalue weighted by Gasteiger charge is -2.32. The molecular weight excluding hydrogens is 365 g/mol. The van der Waals surface area contributed by atoms with Crippen LogP contribution in [0.15, 0.2) is 24.3 Å². The van der Waals surface area contributed by atoms with E-state index in [4.69, 9.17) is 5.73 Å². The van der Waals surface area contributed by atoms with Crippen molar-refractivity contribution in [1.29, 1.82) is 0 Å². The minimum Gasteiger partial charge on any atom is -0.346 e. The number of benzene rings is 1. The van der Waals surface area contributed by atoms with Gasteiger partial charge in [-0.3, -0.25) is 9.59 Å². The molecule has 0 saturated carbocycles. The van der Waals surface area contributed by atoms with E-state index in [2.05, 4.69) is 16.0 Å². The fourth-order valence-electron chi connectivity index (χ4n) is 2.85. The number of carbonyl (C=O) groups is 3. The SMILES string of the molecule is CC(C)[C@H](N)C(=O)NCC(=O)N1CCC(NC(=O)Nc2ccc(F)cc2)CC1. The number of likely N-dealkylation sites (tertiary alicyclic amines) is 1. The Hall–Kier alpha value is -2.68. The van der Waals surface area contributed by atoms with Crippen molar-refractivity contribution >= 4 is 23.5 Å². The molecule has 154 valence electrons. The second-order valence-corrected chi connectivity index (χ2v) is 7.25. The van der Waals surface area contributed by atoms with Gasteiger partial charge in [0, 0.05) is 24.8 Å². The lowest BCUT2D eigenvalue weighted by molar-refractivity contribution is -0.134. The molecule has 0 aliphatic carbocycles. The number of carbonyl (C=O) groups excluding carboxylic acids is 3. The zero-order valence-electron chi connectivity index (χ0n) is 16.2. The Morgan fingerprint density at radius 3 is 2.36 bits per heavy atom. The number of nitrogens with two attached hydrogens (primary N) is 1. The summed E-state index contributed by atoms with van der Waals surface area (Å²) < 4.78 is 12.9. The first-order valence-electron chi connectivity index (χ1n) is 9.40. The maximum absolute atomic E-state index is 12.9. The first-order chi connectivity index (χ1) is 13.3. The average Bonchev–Trinajstić information content (AvgIpc) is 2.67. The van der Waals surface area contributed by atoms with E-state index in [1.54, 1.807) is 4.90 Å². The van der Waals surface area contributed by atoms with Crippen LogP contribution in [0, 0.1) is 11.7 Å². The highest BCUT2D eigenvalue weighted by Crippen LogP contribution is 2.12. The normalized spacial score (nSPS) is 15.8. The van der Waals surface area contributed by atoms with E-state index < -0.39 is 6.04 Å². The van der Waals surface area contributed by atoms with E-state index in [-0.39, 0.29) is 42.2 Å². The van der Waals surface area contributed by atoms with E-state index in [1.807, 2.05) is 13.8 Å². The number of piperidine rings is 1. The highest BCUT2D eigenvalue weighted by Gasteiger charge is 2.25. The zero-order chi connectivity index (χ0) is 20.7. The van der Waals surface area contributed by atoms with Crippen LogP contribution in [0.5, 0.6) is 0 Å². The van der Waals surface area contributed by atoms with Crippen LogP contribution in [0.3, 0.4) is 0 Å². The summed E-state index contributed by atoms with van der Waals surface area (Å²) in [6.07, 6.45) is 1.23. The van der Waals surface area contributed by atoms with Crippen LogP contribution in [0.1, 0.15) is 26.7 Å². The van der Waals surface area contributed by atoms with E-state index in [9.17, 15) is 18.8 Å². The predicted octanol–water partition coefficient (Wildman–Crippen LogP) is 1.04. The number of halogens is 1. The highest BCUT2D eigenvalue weighted by molar-refractivity contribution is 5.89. The van der Waals surface area contributed by atoms with E-state index in [0.29, 0.717) is 31.6 Å². The van der Waals surface area contributed by atoms with Crippen LogP contribution in [-0.2, 0) is 9.59 Å². The predicted molar refractivity (Wildman–Crippen MR) is 104 cm³/mol. The first kappa shape index (κ1) is 21.6. The molecule has 8 nitrogen and oxygen atoms in total. The zero-order valence-corrected chi connectivity index (χ0v) is 16.2. The van der Waals surface area contributed by atoms with Gasteiger partial charge in [-0.1, -0.05) is 13.8 Å². The van der Waals surface area contributed by atoms with Gasteiger partial charge in [0.05, 0.1) is 12.6 Å². The summed E-state index contributed by atoms with van der Waals surface area (Å²) in [7, 11) is 0. The van der Waals surface area contributed by atoms with Gasteiger partial charge in [-0.05, 0) is 43.0 Å². The van der Waals surface area contributed by atoms with Gasteiger partial charge in [-0.15, -0.1) is 0 Å². The topological polar surface area (TPSA) is 117 Å². The number of nitrogens with zero attached hydrogens (tertiary/aromatic N) is 1. The fourth-order valence-corrected chi connectivity index (χ4v) is 2.85. The molecule has 0 bridgehead atoms. The van der Waals surface area contributed by atoms with Crippen LogP contribution in [0.2, 0.25) is 0 Å². The molecule has 1 aromatic carbocycles. The summed E-state index contributed by atoms with van der Waals surface area (Å²) in [5, 5.41) is 8.07. The van der Waals surface area contributed by atoms with Gasteiger partial charge in [0.1, 0.15) is 5.82 Å². The summed E-state index contributed by atoms with van der Waals surface area (Å²) in [5.74, 6) is -0.876. The Labute approximate surface area is 164 Å². The lowest BCUT2D eigenvalue weighted by Crippen LogP contribution is -2.51. The van der Waals surface area contributed by atoms with Crippen molar-refractivity contribution in [3.8, 4) is 0 Å². The van der Waals surface area contributed by atoms with E-state index in [1.165, 1.54) is 24.3 Å². The van der Waals surface area contributed by atoms with E-state index >= 15 is 0 Å². The van der Waals surface area contributed by atoms with Crippen LogP contribution >= 0.6 is 0 Å². The standard InChI is InChI=1S/C19H28FN5O3/c1-12(2)17(21)18(27)22-11-16(26)25-9-7-15(8-10-25)24-19(28)23-14-5-3-13(20)4-6-14/h3-6,12,15,17H,7-11,21H2,1-2H3,(H,22,27)(H2,23,24,28)/t17-/m0/s1. The van der Waals surface area contributed by atoms with Gasteiger partial charge >= 0.3 is 6.03 Å². The molecule has 2 rings (SSSR count). The molecular formula is C19H28FN5O3. The van der Waals surface area contributed by atoms with Gasteiger partial charge in [-0.2, -0.15) is 0 Å². The summed E-state index contributed by atoms with van der Waals surface area (Å²) in [6, 6.07) is 4.44. The number of anilines is 1. The van der Waals surface area contributed by atoms with Gasteiger partial charge < -0.3 is 26.6 Å². The smallest absolute Gasteiger partial charge is 0.319 e. The molecule has 0 unspecified atom stereocenters. The third kappa shape index (κ3) is 6.49. The molecule has 28 heavy (non-hydrogen) atoms. The Balaban J connectivity index is 1.70. The number of hydrogen-bond acceptors (Lipinski definition) is 4. The molecule has 1 saturated heterocycles. The monoisotopic (exact) mass is 393 g/mol. The van der Waals surface area contributed by atoms with Crippen molar-refractivity contribution in [1.82, 2.24) is 15.5 Å². The fraction of sp³-hybridized carbons (Fsp3) is 0.526. The molecule has 1 atom stereocenters. The van der Waals surface area contributed by atoms with Crippen LogP contribution in [-0.4, -0.2) is 54.5 Å². The number of hydrogen-bond donors (Lipinski definition) is 4. The summed E-state index contributed by atoms with van der Waals surface area (Å²) in [6.45, 7) is 4.59. The van der Waals surface area contributed by atoms with Crippen LogP contribution in [0.4, 0.5) is 14.9 Å². The van der Waals surface area contributed by atoms with Gasteiger partial charge in [0.2, 0.25) is 11.8 Å². The molecule has 0 radical (unpaired) electrons. The molecule has 0 spiro atoms. The highest BCUT2D eigenvalue weighted by atomic mass is 19.1. The third-order valence-corrected chi connectivity index (χ3v) is 4.72. The third-order valence-electron chi connectivity index (χ3n) is 4.72. The molecule has 0 aromatic heterocycles. The van der Waals surface area contributed by atoms with Crippen molar-refractivity contribution in [2.75, 3.05) is 25.0 Å². The Morgan fingerprint density at radius 2 is 1.79 bits per heavy atom. The summed E-state index contributed by atoms with van der Waals surface area (Å²) in [5.41, 5.74) is 6.25. The maximum Gasteiger partial charge on any atom is 0.319 e. The molecule has 1 aliphatic heterocycles. The van der Waals surface area contributed by atoms with Crippen LogP contribution < -0.4 is 21.7 Å². The number of rotatable bonds is 6. The van der Waals surface area contributed by atoms with E-state index in [0.717, 1.165) is 0 Å². The largest absolute Gasteiger partial charge is 0.346 e. The molecule has 1 fully saturated rings. The maximum atomic E-state index is 12.9. The van der Waals surface area contributed by atoms with Crippen molar-refractivity contribution in [2.24, 2.45) is 11.7 Å². The number of nitrogens with one attached hydrogen (secondary N) is 3. The van der Waals surface area contributed by atoms with Gasteiger partial charge in [-0.25, -0.2) is 9.18 Å². The molecule has 1 aliphatic rings. The second kappa shape index (κ2) is 10.0. The minimum absolute atomic E-state index is 0.00187. The minimum atomic E-state index is -0.637. The Bertz CT molecular complexity index is 687. The molecule has 4 amide bonds. The van der Waals surface area contributed by atoms with Gasteiger partial charge in [0.25, 0.3) is 0 Å². The summed E-state index contributed by atoms with van der Waals surface area (Å²) >= 11 is 0. The second-order valence-electron chi connectivity index (χ2n) is 7.25. The van der Waals surface area contributed by atoms with Crippen LogP contribution in [0.25, 0.3) is 0 Å². The van der Waals surface area contributed by atoms with Crippen molar-refractivity contribution in [3.63, 3.8) is 0 Å². The summed E-state index contributed by atoms with van der Waals surface area (Å²) in [4.78, 5) is 37.7. The first-order valence-corrected chi connectivity index (χ1v) is 9.40. The molecule has 1 aromatic rings. The molecule has 5 N–H and O–H groups in total. The number of amides is 4. The molecule has 9 heteroatoms. The number of urea groups is 1. The average molecular weight is 393 g/mol. The Morgan fingerprint density at radius 1 is 1.18 bits per heavy atom. The molecule has 1 heterocycles. The Kier molecular flexibility index (Phi) is 7.74. The lowest BCUT2D eigenvalue weighted by atomic mass is 10.0. The van der Waals surface area contributed by atoms with Gasteiger partial charge in [0.15, 0.2) is 0 Å². The van der Waals surface area contributed by atoms with Crippen molar-refractivity contribution in [2.45, 2.75) is 38.8 Å². The quantitative estimate of drug-likeness (QED) is 0.578. The van der Waals surface area contributed by atoms with Crippen molar-refractivity contribution in [3.05, 3.63) is 30.1 Å².